The van der Waals surface area contributed by atoms with E-state index in [-0.39, 0.29) is 17.7 Å². The van der Waals surface area contributed by atoms with E-state index in [0.29, 0.717) is 0 Å². The monoisotopic (exact) mass is 315 g/mol. The van der Waals surface area contributed by atoms with Gasteiger partial charge in [-0.15, -0.1) is 0 Å². The molecular formula is C18H25N3O2. The second kappa shape index (κ2) is 5.13. The lowest BCUT2D eigenvalue weighted by atomic mass is 9.65. The Morgan fingerprint density at radius 1 is 1.43 bits per heavy atom. The fraction of sp³-hybridized carbons (Fsp3) is 0.611. The van der Waals surface area contributed by atoms with Gasteiger partial charge in [0.25, 0.3) is 0 Å². The number of hydrogen-bond acceptors (Lipinski definition) is 4. The summed E-state index contributed by atoms with van der Waals surface area (Å²) in [5.74, 6) is 0.986. The van der Waals surface area contributed by atoms with Crippen molar-refractivity contribution in [2.45, 2.75) is 57.1 Å². The van der Waals surface area contributed by atoms with Gasteiger partial charge in [0, 0.05) is 25.9 Å². The summed E-state index contributed by atoms with van der Waals surface area (Å²) >= 11 is 0. The van der Waals surface area contributed by atoms with Gasteiger partial charge in [0.1, 0.15) is 5.76 Å². The fourth-order valence-corrected chi connectivity index (χ4v) is 4.66. The third-order valence-electron chi connectivity index (χ3n) is 5.68. The Morgan fingerprint density at radius 3 is 3.13 bits per heavy atom. The van der Waals surface area contributed by atoms with E-state index in [9.17, 15) is 4.79 Å². The Bertz CT molecular complexity index is 636. The molecule has 2 unspecified atom stereocenters. The van der Waals surface area contributed by atoms with Crippen molar-refractivity contribution < 1.29 is 9.53 Å². The van der Waals surface area contributed by atoms with Crippen LogP contribution in [-0.2, 0) is 9.53 Å². The van der Waals surface area contributed by atoms with Gasteiger partial charge < -0.3 is 15.0 Å². The number of carbonyl (C=O) groups is 1. The van der Waals surface area contributed by atoms with E-state index in [1.165, 1.54) is 24.1 Å². The molecule has 3 heterocycles. The summed E-state index contributed by atoms with van der Waals surface area (Å²) in [5.41, 5.74) is 8.24. The summed E-state index contributed by atoms with van der Waals surface area (Å²) in [6.07, 6.45) is 14.2. The third-order valence-corrected chi connectivity index (χ3v) is 5.68. The molecule has 0 aromatic carbocycles. The number of hydrogen-bond donors (Lipinski definition) is 2. The molecule has 4 aliphatic rings. The van der Waals surface area contributed by atoms with Crippen LogP contribution in [0.5, 0.6) is 0 Å². The van der Waals surface area contributed by atoms with E-state index in [1.807, 2.05) is 0 Å². The number of amides is 1. The van der Waals surface area contributed by atoms with Crippen LogP contribution in [0.3, 0.4) is 0 Å². The minimum absolute atomic E-state index is 0.0603. The Morgan fingerprint density at radius 2 is 2.30 bits per heavy atom. The number of nitrogens with two attached hydrogens (primary N) is 1. The van der Waals surface area contributed by atoms with Crippen molar-refractivity contribution in [1.29, 1.82) is 0 Å². The molecule has 5 nitrogen and oxygen atoms in total. The van der Waals surface area contributed by atoms with Crippen molar-refractivity contribution in [3.63, 3.8) is 0 Å². The van der Waals surface area contributed by atoms with Gasteiger partial charge in [-0.05, 0) is 37.7 Å². The topological polar surface area (TPSA) is 67.6 Å². The molecular weight excluding hydrogens is 290 g/mol. The van der Waals surface area contributed by atoms with Gasteiger partial charge in [-0.2, -0.15) is 0 Å². The van der Waals surface area contributed by atoms with E-state index in [4.69, 9.17) is 10.5 Å². The first-order valence-corrected chi connectivity index (χ1v) is 8.65. The molecule has 23 heavy (non-hydrogen) atoms. The van der Waals surface area contributed by atoms with Crippen LogP contribution in [0.2, 0.25) is 0 Å². The highest BCUT2D eigenvalue weighted by Gasteiger charge is 2.57. The minimum atomic E-state index is -0.893. The van der Waals surface area contributed by atoms with Gasteiger partial charge in [0.05, 0.1) is 17.5 Å². The molecule has 1 amide bonds. The van der Waals surface area contributed by atoms with Crippen LogP contribution in [0.4, 0.5) is 0 Å². The van der Waals surface area contributed by atoms with Gasteiger partial charge in [-0.3, -0.25) is 10.5 Å². The Hall–Kier alpha value is -1.75. The Kier molecular flexibility index (Phi) is 3.30. The van der Waals surface area contributed by atoms with E-state index in [0.717, 1.165) is 37.9 Å². The van der Waals surface area contributed by atoms with Gasteiger partial charge in [0.2, 0.25) is 5.91 Å². The normalized spacial score (nSPS) is 35.0. The maximum absolute atomic E-state index is 11.9. The van der Waals surface area contributed by atoms with E-state index in [1.54, 1.807) is 7.05 Å². The number of carbonyl (C=O) groups excluding carboxylic acids is 1. The van der Waals surface area contributed by atoms with Crippen LogP contribution in [0.15, 0.2) is 35.5 Å². The predicted molar refractivity (Wildman–Crippen MR) is 87.5 cm³/mol. The lowest BCUT2D eigenvalue weighted by Gasteiger charge is -2.42. The predicted octanol–water partition coefficient (Wildman–Crippen LogP) is 2.48. The zero-order chi connectivity index (χ0) is 16.1. The molecule has 1 spiro atoms. The summed E-state index contributed by atoms with van der Waals surface area (Å²) in [6, 6.07) is 0. The summed E-state index contributed by atoms with van der Waals surface area (Å²) in [5, 5.41) is 2.67. The first-order chi connectivity index (χ1) is 11.1. The molecule has 1 saturated carbocycles. The summed E-state index contributed by atoms with van der Waals surface area (Å²) in [4.78, 5) is 14.1. The van der Waals surface area contributed by atoms with Crippen molar-refractivity contribution in [1.82, 2.24) is 10.2 Å². The summed E-state index contributed by atoms with van der Waals surface area (Å²) in [6.45, 7) is 0. The highest BCUT2D eigenvalue weighted by atomic mass is 16.5. The average molecular weight is 315 g/mol. The molecule has 2 atom stereocenters. The first-order valence-electron chi connectivity index (χ1n) is 8.65. The number of allylic oxidation sites excluding steroid dienone is 3. The lowest BCUT2D eigenvalue weighted by molar-refractivity contribution is -0.125. The zero-order valence-electron chi connectivity index (χ0n) is 13.7. The number of rotatable bonds is 2. The highest BCUT2D eigenvalue weighted by Crippen LogP contribution is 2.60. The first kappa shape index (κ1) is 14.8. The van der Waals surface area contributed by atoms with E-state index < -0.39 is 5.72 Å². The van der Waals surface area contributed by atoms with E-state index >= 15 is 0 Å². The molecule has 1 aliphatic carbocycles. The van der Waals surface area contributed by atoms with Gasteiger partial charge in [0.15, 0.2) is 5.72 Å². The third kappa shape index (κ3) is 2.21. The molecule has 0 bridgehead atoms. The number of nitrogens with one attached hydrogen (secondary N) is 1. The van der Waals surface area contributed by atoms with Crippen LogP contribution in [0.25, 0.3) is 0 Å². The maximum Gasteiger partial charge on any atom is 0.225 e. The Labute approximate surface area is 137 Å². The van der Waals surface area contributed by atoms with Crippen molar-refractivity contribution in [3.8, 4) is 0 Å². The number of nitrogens with zero attached hydrogens (tertiary/aromatic N) is 1. The molecule has 124 valence electrons. The molecule has 3 N–H and O–H groups in total. The van der Waals surface area contributed by atoms with Crippen molar-refractivity contribution in [2.75, 3.05) is 7.05 Å². The molecule has 4 rings (SSSR count). The Balaban J connectivity index is 1.77. The van der Waals surface area contributed by atoms with Crippen LogP contribution in [0, 0.1) is 5.41 Å². The van der Waals surface area contributed by atoms with E-state index in [2.05, 4.69) is 28.7 Å². The minimum Gasteiger partial charge on any atom is -0.474 e. The van der Waals surface area contributed by atoms with Gasteiger partial charge >= 0.3 is 0 Å². The average Bonchev–Trinajstić information content (AvgIpc) is 2.84. The van der Waals surface area contributed by atoms with Crippen LogP contribution in [0.1, 0.15) is 51.4 Å². The molecule has 3 aliphatic heterocycles. The van der Waals surface area contributed by atoms with Crippen LogP contribution in [-0.4, -0.2) is 23.6 Å². The van der Waals surface area contributed by atoms with Crippen LogP contribution < -0.4 is 11.1 Å². The largest absolute Gasteiger partial charge is 0.474 e. The number of ether oxygens (including phenoxy) is 1. The highest BCUT2D eigenvalue weighted by molar-refractivity contribution is 5.76. The quantitative estimate of drug-likeness (QED) is 0.821. The lowest BCUT2D eigenvalue weighted by Crippen LogP contribution is -2.44. The molecule has 1 saturated heterocycles. The molecule has 2 fully saturated rings. The second-order valence-corrected chi connectivity index (χ2v) is 7.24. The van der Waals surface area contributed by atoms with Gasteiger partial charge in [-0.25, -0.2) is 0 Å². The number of fused-ring (bicyclic) bond motifs is 1. The summed E-state index contributed by atoms with van der Waals surface area (Å²) in [7, 11) is 1.65. The van der Waals surface area contributed by atoms with Crippen molar-refractivity contribution >= 4 is 5.91 Å². The van der Waals surface area contributed by atoms with Crippen molar-refractivity contribution in [3.05, 3.63) is 35.5 Å². The smallest absolute Gasteiger partial charge is 0.225 e. The molecule has 5 heteroatoms. The second-order valence-electron chi connectivity index (χ2n) is 7.24. The molecule has 0 radical (unpaired) electrons. The fourth-order valence-electron chi connectivity index (χ4n) is 4.66. The standard InChI is InChI=1S/C18H25N3O2/c1-20-15(22)10-18(19)12-17-8-4-2-6-13(17)11-21-9-5-3-7-14(21)16(17)23-18/h5,9,11H,2-4,6-8,10,12,19H2,1H3,(H,20,22). The molecule has 0 aromatic rings. The SMILES string of the molecule is CNC(=O)CC1(N)CC23CCCCC2=CN2C=CCCC2=C3O1. The zero-order valence-corrected chi connectivity index (χ0v) is 13.7. The van der Waals surface area contributed by atoms with Gasteiger partial charge in [-0.1, -0.05) is 12.5 Å². The molecule has 0 aromatic heterocycles. The van der Waals surface area contributed by atoms with Crippen LogP contribution >= 0.6 is 0 Å². The summed E-state index contributed by atoms with van der Waals surface area (Å²) < 4.78 is 6.34. The maximum atomic E-state index is 11.9. The van der Waals surface area contributed by atoms with Crippen molar-refractivity contribution in [2.24, 2.45) is 11.1 Å².